The Morgan fingerprint density at radius 2 is 2.04 bits per heavy atom. The van der Waals surface area contributed by atoms with Gasteiger partial charge in [-0.3, -0.25) is 4.79 Å². The van der Waals surface area contributed by atoms with Crippen molar-refractivity contribution in [1.29, 1.82) is 0 Å². The number of hydrogen-bond donors (Lipinski definition) is 0. The Morgan fingerprint density at radius 3 is 2.79 bits per heavy atom. The number of benzene rings is 2. The Kier molecular flexibility index (Phi) is 5.10. The topological polar surface area (TPSA) is 68.5 Å². The van der Waals surface area contributed by atoms with Crippen molar-refractivity contribution in [2.75, 3.05) is 13.2 Å². The van der Waals surface area contributed by atoms with Gasteiger partial charge in [-0.1, -0.05) is 41.1 Å². The smallest absolute Gasteiger partial charge is 0.232 e. The van der Waals surface area contributed by atoms with Gasteiger partial charge in [0.25, 0.3) is 0 Å². The number of rotatable bonds is 6. The van der Waals surface area contributed by atoms with Gasteiger partial charge < -0.3 is 14.2 Å². The van der Waals surface area contributed by atoms with E-state index in [9.17, 15) is 4.79 Å². The second-order valence-corrected chi connectivity index (χ2v) is 7.08. The highest BCUT2D eigenvalue weighted by atomic mass is 16.5. The highest BCUT2D eigenvalue weighted by Crippen LogP contribution is 2.30. The summed E-state index contributed by atoms with van der Waals surface area (Å²) in [5, 5.41) is 4.10. The lowest BCUT2D eigenvalue weighted by Crippen LogP contribution is -2.24. The summed E-state index contributed by atoms with van der Waals surface area (Å²) in [6, 6.07) is 15.8. The van der Waals surface area contributed by atoms with Gasteiger partial charge in [0.05, 0.1) is 12.5 Å². The van der Waals surface area contributed by atoms with E-state index in [1.54, 1.807) is 0 Å². The fraction of sp³-hybridized carbons (Fsp3) is 0.318. The summed E-state index contributed by atoms with van der Waals surface area (Å²) in [7, 11) is 0. The molecule has 0 bridgehead atoms. The van der Waals surface area contributed by atoms with Crippen LogP contribution in [-0.4, -0.2) is 34.1 Å². The average molecular weight is 377 g/mol. The van der Waals surface area contributed by atoms with Gasteiger partial charge in [0.1, 0.15) is 5.75 Å². The molecule has 1 aromatic heterocycles. The van der Waals surface area contributed by atoms with Crippen molar-refractivity contribution in [3.8, 4) is 17.1 Å². The molecule has 1 aliphatic rings. The summed E-state index contributed by atoms with van der Waals surface area (Å²) in [6.45, 7) is 5.78. The van der Waals surface area contributed by atoms with Crippen LogP contribution in [0.1, 0.15) is 36.3 Å². The Labute approximate surface area is 164 Å². The lowest BCUT2D eigenvalue weighted by atomic mass is 10.1. The fourth-order valence-corrected chi connectivity index (χ4v) is 3.47. The van der Waals surface area contributed by atoms with E-state index in [-0.39, 0.29) is 11.8 Å². The number of aromatic nitrogens is 2. The molecule has 0 radical (unpaired) electrons. The minimum atomic E-state index is -0.0683. The monoisotopic (exact) mass is 377 g/mol. The molecule has 1 unspecified atom stereocenters. The van der Waals surface area contributed by atoms with Crippen molar-refractivity contribution < 1.29 is 14.1 Å². The molecule has 1 atom stereocenters. The highest BCUT2D eigenvalue weighted by molar-refractivity contribution is 5.79. The van der Waals surface area contributed by atoms with Gasteiger partial charge in [-0.15, -0.1) is 0 Å². The summed E-state index contributed by atoms with van der Waals surface area (Å²) in [6.07, 6.45) is 0.395. The number of carbonyl (C=O) groups excluding carboxylic acids is 1. The van der Waals surface area contributed by atoms with Crippen molar-refractivity contribution in [1.82, 2.24) is 15.0 Å². The van der Waals surface area contributed by atoms with E-state index in [2.05, 4.69) is 10.1 Å². The molecule has 0 aliphatic carbocycles. The number of likely N-dealkylation sites (tertiary alicyclic amines) is 1. The zero-order valence-corrected chi connectivity index (χ0v) is 16.1. The highest BCUT2D eigenvalue weighted by Gasteiger charge is 2.34. The van der Waals surface area contributed by atoms with Crippen LogP contribution >= 0.6 is 0 Å². The molecule has 28 heavy (non-hydrogen) atoms. The molecule has 6 nitrogen and oxygen atoms in total. The lowest BCUT2D eigenvalue weighted by Gasteiger charge is -2.16. The standard InChI is InChI=1S/C22H23N3O3/c1-3-27-19-9-7-16(8-10-19)13-25-14-18(12-20(25)26)22-23-21(24-28-22)17-6-4-5-15(2)11-17/h4-11,18H,3,12-14H2,1-2H3. The molecule has 2 heterocycles. The Balaban J connectivity index is 1.43. The first-order valence-electron chi connectivity index (χ1n) is 9.52. The molecular weight excluding hydrogens is 354 g/mol. The van der Waals surface area contributed by atoms with Crippen LogP contribution in [-0.2, 0) is 11.3 Å². The van der Waals surface area contributed by atoms with E-state index >= 15 is 0 Å². The molecule has 3 aromatic rings. The third-order valence-corrected chi connectivity index (χ3v) is 4.89. The minimum Gasteiger partial charge on any atom is -0.494 e. The summed E-state index contributed by atoms with van der Waals surface area (Å²) in [4.78, 5) is 18.8. The van der Waals surface area contributed by atoms with Crippen LogP contribution in [0.2, 0.25) is 0 Å². The first-order chi connectivity index (χ1) is 13.6. The van der Waals surface area contributed by atoms with Crippen LogP contribution in [0.4, 0.5) is 0 Å². The van der Waals surface area contributed by atoms with Crippen molar-refractivity contribution >= 4 is 5.91 Å². The summed E-state index contributed by atoms with van der Waals surface area (Å²) >= 11 is 0. The zero-order chi connectivity index (χ0) is 19.5. The van der Waals surface area contributed by atoms with Crippen LogP contribution in [0, 0.1) is 6.92 Å². The molecule has 0 N–H and O–H groups in total. The molecule has 2 aromatic carbocycles. The normalized spacial score (nSPS) is 16.6. The summed E-state index contributed by atoms with van der Waals surface area (Å²) in [5.74, 6) is 1.97. The van der Waals surface area contributed by atoms with Crippen molar-refractivity contribution in [3.63, 3.8) is 0 Å². The third kappa shape index (κ3) is 3.91. The predicted octanol–water partition coefficient (Wildman–Crippen LogP) is 3.96. The van der Waals surface area contributed by atoms with Gasteiger partial charge in [-0.25, -0.2) is 0 Å². The molecule has 0 saturated carbocycles. The van der Waals surface area contributed by atoms with Gasteiger partial charge >= 0.3 is 0 Å². The quantitative estimate of drug-likeness (QED) is 0.650. The number of aryl methyl sites for hydroxylation is 1. The Morgan fingerprint density at radius 1 is 1.21 bits per heavy atom. The van der Waals surface area contributed by atoms with Gasteiger partial charge in [-0.05, 0) is 37.6 Å². The van der Waals surface area contributed by atoms with Crippen molar-refractivity contribution in [3.05, 3.63) is 65.5 Å². The van der Waals surface area contributed by atoms with Crippen LogP contribution in [0.15, 0.2) is 53.1 Å². The first-order valence-corrected chi connectivity index (χ1v) is 9.52. The van der Waals surface area contributed by atoms with E-state index in [0.717, 1.165) is 22.4 Å². The number of nitrogens with zero attached hydrogens (tertiary/aromatic N) is 3. The molecule has 1 aliphatic heterocycles. The molecule has 4 rings (SSSR count). The molecule has 0 spiro atoms. The van der Waals surface area contributed by atoms with Crippen molar-refractivity contribution in [2.45, 2.75) is 32.7 Å². The second-order valence-electron chi connectivity index (χ2n) is 7.08. The number of hydrogen-bond acceptors (Lipinski definition) is 5. The fourth-order valence-electron chi connectivity index (χ4n) is 3.47. The van der Waals surface area contributed by atoms with E-state index in [1.807, 2.05) is 67.3 Å². The van der Waals surface area contributed by atoms with E-state index in [0.29, 0.717) is 37.8 Å². The summed E-state index contributed by atoms with van der Waals surface area (Å²) in [5.41, 5.74) is 3.13. The number of carbonyl (C=O) groups is 1. The Hall–Kier alpha value is -3.15. The molecular formula is C22H23N3O3. The maximum atomic E-state index is 12.5. The molecule has 1 saturated heterocycles. The molecule has 144 valence electrons. The van der Waals surface area contributed by atoms with Crippen LogP contribution < -0.4 is 4.74 Å². The van der Waals surface area contributed by atoms with Crippen LogP contribution in [0.3, 0.4) is 0 Å². The van der Waals surface area contributed by atoms with Crippen LogP contribution in [0.25, 0.3) is 11.4 Å². The van der Waals surface area contributed by atoms with Crippen LogP contribution in [0.5, 0.6) is 5.75 Å². The number of ether oxygens (including phenoxy) is 1. The largest absolute Gasteiger partial charge is 0.494 e. The SMILES string of the molecule is CCOc1ccc(CN2CC(c3nc(-c4cccc(C)c4)no3)CC2=O)cc1. The maximum absolute atomic E-state index is 12.5. The predicted molar refractivity (Wildman–Crippen MR) is 105 cm³/mol. The summed E-state index contributed by atoms with van der Waals surface area (Å²) < 4.78 is 10.9. The second kappa shape index (κ2) is 7.84. The van der Waals surface area contributed by atoms with Gasteiger partial charge in [-0.2, -0.15) is 4.98 Å². The van der Waals surface area contributed by atoms with E-state index in [1.165, 1.54) is 0 Å². The number of amides is 1. The molecule has 1 amide bonds. The minimum absolute atomic E-state index is 0.0683. The van der Waals surface area contributed by atoms with E-state index in [4.69, 9.17) is 9.26 Å². The lowest BCUT2D eigenvalue weighted by molar-refractivity contribution is -0.128. The third-order valence-electron chi connectivity index (χ3n) is 4.89. The first kappa shape index (κ1) is 18.2. The Bertz CT molecular complexity index is 965. The van der Waals surface area contributed by atoms with Gasteiger partial charge in [0.15, 0.2) is 0 Å². The maximum Gasteiger partial charge on any atom is 0.232 e. The van der Waals surface area contributed by atoms with Crippen molar-refractivity contribution in [2.24, 2.45) is 0 Å². The molecule has 1 fully saturated rings. The van der Waals surface area contributed by atoms with Gasteiger partial charge in [0.2, 0.25) is 17.6 Å². The zero-order valence-electron chi connectivity index (χ0n) is 16.1. The average Bonchev–Trinajstić information content (AvgIpc) is 3.31. The van der Waals surface area contributed by atoms with Gasteiger partial charge in [0, 0.05) is 25.1 Å². The molecule has 6 heteroatoms. The van der Waals surface area contributed by atoms with E-state index < -0.39 is 0 Å².